The van der Waals surface area contributed by atoms with E-state index in [2.05, 4.69) is 5.32 Å². The Bertz CT molecular complexity index is 1230. The summed E-state index contributed by atoms with van der Waals surface area (Å²) in [6, 6.07) is 19.1. The summed E-state index contributed by atoms with van der Waals surface area (Å²) in [5.74, 6) is -0.271. The number of nitrogens with zero attached hydrogens (tertiary/aromatic N) is 2. The largest absolute Gasteiger partial charge is 0.357 e. The number of rotatable bonds is 9. The van der Waals surface area contributed by atoms with E-state index in [0.29, 0.717) is 31.5 Å². The van der Waals surface area contributed by atoms with E-state index in [9.17, 15) is 14.4 Å². The Balaban J connectivity index is 1.48. The Kier molecular flexibility index (Phi) is 6.96. The summed E-state index contributed by atoms with van der Waals surface area (Å²) < 4.78 is 0. The first-order valence-corrected chi connectivity index (χ1v) is 11.8. The molecule has 176 valence electrons. The smallest absolute Gasteiger partial charge is 0.258 e. The molecule has 0 aliphatic carbocycles. The van der Waals surface area contributed by atoms with E-state index in [1.165, 1.54) is 0 Å². The molecule has 0 bridgehead atoms. The number of amides is 3. The molecule has 6 heteroatoms. The highest BCUT2D eigenvalue weighted by Crippen LogP contribution is 2.37. The average Bonchev–Trinajstić information content (AvgIpc) is 3.11. The molecule has 1 heterocycles. The van der Waals surface area contributed by atoms with Gasteiger partial charge in [-0.25, -0.2) is 0 Å². The average molecular weight is 458 g/mol. The minimum Gasteiger partial charge on any atom is -0.357 e. The van der Waals surface area contributed by atoms with E-state index in [-0.39, 0.29) is 24.1 Å². The summed E-state index contributed by atoms with van der Waals surface area (Å²) in [5, 5.41) is 4.71. The highest BCUT2D eigenvalue weighted by atomic mass is 16.2. The van der Waals surface area contributed by atoms with Crippen LogP contribution < -0.4 is 10.2 Å². The van der Waals surface area contributed by atoms with Crippen molar-refractivity contribution in [1.29, 1.82) is 0 Å². The molecule has 4 rings (SSSR count). The van der Waals surface area contributed by atoms with E-state index >= 15 is 0 Å². The molecule has 0 saturated heterocycles. The Hall–Kier alpha value is -3.67. The number of hydrogen-bond acceptors (Lipinski definition) is 3. The van der Waals surface area contributed by atoms with Crippen LogP contribution in [0.4, 0.5) is 5.69 Å². The molecule has 0 aromatic heterocycles. The molecular weight excluding hydrogens is 426 g/mol. The maximum atomic E-state index is 13.4. The van der Waals surface area contributed by atoms with Gasteiger partial charge in [-0.2, -0.15) is 0 Å². The van der Waals surface area contributed by atoms with Gasteiger partial charge in [-0.05, 0) is 42.8 Å². The molecule has 0 saturated carbocycles. The lowest BCUT2D eigenvalue weighted by Crippen LogP contribution is -2.48. The SMILES string of the molecule is CCC(C(=O)NC)N(Cc1cccc(C)c1)C(=O)CCCN1C(=O)c2cccc3cccc1c23. The van der Waals surface area contributed by atoms with Crippen LogP contribution in [-0.4, -0.2) is 42.3 Å². The molecule has 1 aliphatic heterocycles. The molecule has 6 nitrogen and oxygen atoms in total. The monoisotopic (exact) mass is 457 g/mol. The van der Waals surface area contributed by atoms with Crippen LogP contribution in [0, 0.1) is 6.92 Å². The van der Waals surface area contributed by atoms with Crippen molar-refractivity contribution >= 4 is 34.2 Å². The van der Waals surface area contributed by atoms with Crippen molar-refractivity contribution in [2.45, 2.75) is 45.7 Å². The van der Waals surface area contributed by atoms with Gasteiger partial charge < -0.3 is 15.1 Å². The summed E-state index contributed by atoms with van der Waals surface area (Å²) in [6.07, 6.45) is 1.30. The zero-order valence-electron chi connectivity index (χ0n) is 20.0. The number of likely N-dealkylation sites (N-methyl/N-ethyl adjacent to an activating group) is 1. The highest BCUT2D eigenvalue weighted by molar-refractivity contribution is 6.25. The maximum absolute atomic E-state index is 13.4. The minimum absolute atomic E-state index is 0.0207. The number of aryl methyl sites for hydroxylation is 1. The fourth-order valence-corrected chi connectivity index (χ4v) is 4.83. The third-order valence-corrected chi connectivity index (χ3v) is 6.49. The van der Waals surface area contributed by atoms with Crippen molar-refractivity contribution < 1.29 is 14.4 Å². The van der Waals surface area contributed by atoms with Gasteiger partial charge >= 0.3 is 0 Å². The summed E-state index contributed by atoms with van der Waals surface area (Å²) in [7, 11) is 1.59. The molecule has 1 atom stereocenters. The van der Waals surface area contributed by atoms with Crippen molar-refractivity contribution in [2.75, 3.05) is 18.5 Å². The van der Waals surface area contributed by atoms with Crippen LogP contribution in [-0.2, 0) is 16.1 Å². The standard InChI is InChI=1S/C28H31N3O3/c1-4-23(27(33)29-3)31(18-20-10-5-9-19(2)17-20)25(32)15-8-16-30-24-14-7-12-21-11-6-13-22(26(21)24)28(30)34/h5-7,9-14,17,23H,4,8,15-16,18H2,1-3H3,(H,29,33). The van der Waals surface area contributed by atoms with Gasteiger partial charge in [0.15, 0.2) is 0 Å². The third-order valence-electron chi connectivity index (χ3n) is 6.49. The Labute approximate surface area is 200 Å². The quantitative estimate of drug-likeness (QED) is 0.516. The fourth-order valence-electron chi connectivity index (χ4n) is 4.83. The molecule has 3 aromatic rings. The molecule has 34 heavy (non-hydrogen) atoms. The van der Waals surface area contributed by atoms with Crippen LogP contribution >= 0.6 is 0 Å². The summed E-state index contributed by atoms with van der Waals surface area (Å²) in [4.78, 5) is 42.4. The first-order chi connectivity index (χ1) is 16.4. The third kappa shape index (κ3) is 4.53. The summed E-state index contributed by atoms with van der Waals surface area (Å²) >= 11 is 0. The van der Waals surface area contributed by atoms with Crippen LogP contribution in [0.3, 0.4) is 0 Å². The van der Waals surface area contributed by atoms with E-state index in [4.69, 9.17) is 0 Å². The Morgan fingerprint density at radius 1 is 1.06 bits per heavy atom. The number of benzene rings is 3. The molecule has 0 radical (unpaired) electrons. The van der Waals surface area contributed by atoms with E-state index in [1.54, 1.807) is 16.8 Å². The number of nitrogens with one attached hydrogen (secondary N) is 1. The predicted octanol–water partition coefficient (Wildman–Crippen LogP) is 4.44. The van der Waals surface area contributed by atoms with Gasteiger partial charge in [0.2, 0.25) is 11.8 Å². The molecule has 3 aromatic carbocycles. The van der Waals surface area contributed by atoms with E-state index < -0.39 is 6.04 Å². The van der Waals surface area contributed by atoms with Crippen molar-refractivity contribution in [3.63, 3.8) is 0 Å². The summed E-state index contributed by atoms with van der Waals surface area (Å²) in [5.41, 5.74) is 3.72. The Morgan fingerprint density at radius 3 is 2.50 bits per heavy atom. The molecule has 3 amide bonds. The molecule has 1 unspecified atom stereocenters. The second-order valence-electron chi connectivity index (χ2n) is 8.79. The van der Waals surface area contributed by atoms with Crippen LogP contribution in [0.5, 0.6) is 0 Å². The lowest BCUT2D eigenvalue weighted by Gasteiger charge is -2.30. The van der Waals surface area contributed by atoms with Gasteiger partial charge in [0.1, 0.15) is 6.04 Å². The zero-order valence-corrected chi connectivity index (χ0v) is 20.0. The second-order valence-corrected chi connectivity index (χ2v) is 8.79. The van der Waals surface area contributed by atoms with Crippen molar-refractivity contribution in [3.8, 4) is 0 Å². The van der Waals surface area contributed by atoms with Crippen molar-refractivity contribution in [2.24, 2.45) is 0 Å². The number of carbonyl (C=O) groups is 3. The topological polar surface area (TPSA) is 69.7 Å². The van der Waals surface area contributed by atoms with E-state index in [1.807, 2.05) is 74.5 Å². The fraction of sp³-hybridized carbons (Fsp3) is 0.321. The van der Waals surface area contributed by atoms with Gasteiger partial charge in [0, 0.05) is 37.5 Å². The molecule has 1 N–H and O–H groups in total. The van der Waals surface area contributed by atoms with Gasteiger partial charge in [0.25, 0.3) is 5.91 Å². The zero-order chi connectivity index (χ0) is 24.2. The first kappa shape index (κ1) is 23.5. The molecular formula is C28H31N3O3. The van der Waals surface area contributed by atoms with Crippen LogP contribution in [0.2, 0.25) is 0 Å². The van der Waals surface area contributed by atoms with Gasteiger partial charge in [0.05, 0.1) is 5.69 Å². The first-order valence-electron chi connectivity index (χ1n) is 11.8. The number of carbonyl (C=O) groups excluding carboxylic acids is 3. The van der Waals surface area contributed by atoms with Crippen molar-refractivity contribution in [1.82, 2.24) is 10.2 Å². The predicted molar refractivity (Wildman–Crippen MR) is 135 cm³/mol. The van der Waals surface area contributed by atoms with Gasteiger partial charge in [-0.3, -0.25) is 14.4 Å². The van der Waals surface area contributed by atoms with Gasteiger partial charge in [-0.15, -0.1) is 0 Å². The second kappa shape index (κ2) is 10.1. The molecule has 0 fully saturated rings. The Morgan fingerprint density at radius 2 is 1.79 bits per heavy atom. The van der Waals surface area contributed by atoms with Crippen LogP contribution in [0.25, 0.3) is 10.8 Å². The lowest BCUT2D eigenvalue weighted by molar-refractivity contribution is -0.141. The maximum Gasteiger partial charge on any atom is 0.258 e. The lowest BCUT2D eigenvalue weighted by atomic mass is 10.1. The number of anilines is 1. The van der Waals surface area contributed by atoms with Crippen LogP contribution in [0.15, 0.2) is 60.7 Å². The number of hydrogen-bond donors (Lipinski definition) is 1. The minimum atomic E-state index is -0.538. The van der Waals surface area contributed by atoms with Crippen LogP contribution in [0.1, 0.15) is 47.7 Å². The van der Waals surface area contributed by atoms with E-state index in [0.717, 1.165) is 27.6 Å². The molecule has 1 aliphatic rings. The summed E-state index contributed by atoms with van der Waals surface area (Å²) in [6.45, 7) is 4.75. The highest BCUT2D eigenvalue weighted by Gasteiger charge is 2.31. The normalized spacial score (nSPS) is 13.3. The van der Waals surface area contributed by atoms with Crippen molar-refractivity contribution in [3.05, 3.63) is 77.4 Å². The van der Waals surface area contributed by atoms with Gasteiger partial charge in [-0.1, -0.05) is 61.0 Å². The molecule has 0 spiro atoms.